The van der Waals surface area contributed by atoms with Crippen LogP contribution in [0.15, 0.2) is 54.6 Å². The van der Waals surface area contributed by atoms with Crippen LogP contribution in [0.2, 0.25) is 0 Å². The van der Waals surface area contributed by atoms with Gasteiger partial charge in [0.05, 0.1) is 12.3 Å². The molecule has 5 heteroatoms. The first-order valence-corrected chi connectivity index (χ1v) is 10.1. The van der Waals surface area contributed by atoms with E-state index in [1.54, 1.807) is 12.1 Å². The Kier molecular flexibility index (Phi) is 7.07. The van der Waals surface area contributed by atoms with Crippen molar-refractivity contribution in [3.63, 3.8) is 0 Å². The minimum atomic E-state index is -0.171. The molecule has 156 valence electrons. The van der Waals surface area contributed by atoms with Crippen LogP contribution in [-0.2, 0) is 22.6 Å². The molecule has 0 aliphatic rings. The normalized spacial score (nSPS) is 10.6. The zero-order valence-electron chi connectivity index (χ0n) is 17.6. The van der Waals surface area contributed by atoms with Crippen LogP contribution >= 0.6 is 0 Å². The molecule has 0 fully saturated rings. The van der Waals surface area contributed by atoms with Crippen molar-refractivity contribution in [3.8, 4) is 22.9 Å². The highest BCUT2D eigenvalue weighted by Crippen LogP contribution is 2.30. The molecule has 0 radical (unpaired) electrons. The van der Waals surface area contributed by atoms with Crippen LogP contribution in [-0.4, -0.2) is 22.7 Å². The van der Waals surface area contributed by atoms with E-state index in [4.69, 9.17) is 9.47 Å². The molecule has 1 heterocycles. The standard InChI is InChI=1S/C25H27NO4/c1-4-29-24(28)13-12-19-8-10-20(11-9-19)16-30-23-7-5-6-22(26-23)25-17(2)14-21(27)15-18(25)3/h5-11,14-15,27H,4,12-13,16H2,1-3H3. The number of pyridine rings is 1. The average Bonchev–Trinajstić information content (AvgIpc) is 2.71. The summed E-state index contributed by atoms with van der Waals surface area (Å²) in [6, 6.07) is 17.2. The monoisotopic (exact) mass is 405 g/mol. The Balaban J connectivity index is 1.63. The summed E-state index contributed by atoms with van der Waals surface area (Å²) in [5.74, 6) is 0.632. The maximum atomic E-state index is 11.5. The second-order valence-corrected chi connectivity index (χ2v) is 7.23. The van der Waals surface area contributed by atoms with Crippen LogP contribution in [0.4, 0.5) is 0 Å². The van der Waals surface area contributed by atoms with Crippen LogP contribution in [0.1, 0.15) is 35.6 Å². The third kappa shape index (κ3) is 5.60. The van der Waals surface area contributed by atoms with Gasteiger partial charge < -0.3 is 14.6 Å². The van der Waals surface area contributed by atoms with Gasteiger partial charge in [-0.2, -0.15) is 0 Å². The molecule has 1 aromatic heterocycles. The molecule has 30 heavy (non-hydrogen) atoms. The Hall–Kier alpha value is -3.34. The first kappa shape index (κ1) is 21.4. The smallest absolute Gasteiger partial charge is 0.306 e. The third-order valence-electron chi connectivity index (χ3n) is 4.83. The molecule has 0 amide bonds. The van der Waals surface area contributed by atoms with Crippen LogP contribution in [0.5, 0.6) is 11.6 Å². The fourth-order valence-corrected chi connectivity index (χ4v) is 3.42. The summed E-state index contributed by atoms with van der Waals surface area (Å²) >= 11 is 0. The SMILES string of the molecule is CCOC(=O)CCc1ccc(COc2cccc(-c3c(C)cc(O)cc3C)n2)cc1. The molecular weight excluding hydrogens is 378 g/mol. The number of phenols is 1. The Morgan fingerprint density at radius 3 is 2.33 bits per heavy atom. The molecule has 5 nitrogen and oxygen atoms in total. The zero-order valence-corrected chi connectivity index (χ0v) is 17.6. The summed E-state index contributed by atoms with van der Waals surface area (Å²) in [7, 11) is 0. The fraction of sp³-hybridized carbons (Fsp3) is 0.280. The lowest BCUT2D eigenvalue weighted by molar-refractivity contribution is -0.143. The summed E-state index contributed by atoms with van der Waals surface area (Å²) in [5, 5.41) is 9.77. The number of phenolic OH excluding ortho intramolecular Hbond substituents is 1. The first-order chi connectivity index (χ1) is 14.5. The molecule has 0 aliphatic carbocycles. The highest BCUT2D eigenvalue weighted by molar-refractivity contribution is 5.70. The van der Waals surface area contributed by atoms with Gasteiger partial charge in [-0.1, -0.05) is 30.3 Å². The fourth-order valence-electron chi connectivity index (χ4n) is 3.42. The second-order valence-electron chi connectivity index (χ2n) is 7.23. The van der Waals surface area contributed by atoms with Crippen molar-refractivity contribution in [2.45, 2.75) is 40.2 Å². The van der Waals surface area contributed by atoms with Gasteiger partial charge in [0.1, 0.15) is 12.4 Å². The molecule has 1 N–H and O–H groups in total. The highest BCUT2D eigenvalue weighted by Gasteiger charge is 2.10. The van der Waals surface area contributed by atoms with Crippen LogP contribution < -0.4 is 4.74 Å². The van der Waals surface area contributed by atoms with Crippen LogP contribution in [0.3, 0.4) is 0 Å². The maximum Gasteiger partial charge on any atom is 0.306 e. The highest BCUT2D eigenvalue weighted by atomic mass is 16.5. The first-order valence-electron chi connectivity index (χ1n) is 10.1. The van der Waals surface area contributed by atoms with Gasteiger partial charge in [-0.3, -0.25) is 4.79 Å². The second kappa shape index (κ2) is 9.92. The van der Waals surface area contributed by atoms with Crippen molar-refractivity contribution >= 4 is 5.97 Å². The Morgan fingerprint density at radius 2 is 1.67 bits per heavy atom. The average molecular weight is 405 g/mol. The number of aromatic nitrogens is 1. The lowest BCUT2D eigenvalue weighted by atomic mass is 9.99. The predicted octanol–water partition coefficient (Wildman–Crippen LogP) is 5.15. The third-order valence-corrected chi connectivity index (χ3v) is 4.83. The number of esters is 1. The number of rotatable bonds is 8. The van der Waals surface area contributed by atoms with E-state index in [1.165, 1.54) is 0 Å². The largest absolute Gasteiger partial charge is 0.508 e. The Labute approximate surface area is 177 Å². The van der Waals surface area contributed by atoms with Gasteiger partial charge in [0, 0.05) is 18.1 Å². The van der Waals surface area contributed by atoms with Crippen LogP contribution in [0.25, 0.3) is 11.3 Å². The summed E-state index contributed by atoms with van der Waals surface area (Å²) in [6.45, 7) is 6.55. The topological polar surface area (TPSA) is 68.7 Å². The van der Waals surface area contributed by atoms with E-state index in [2.05, 4.69) is 4.98 Å². The van der Waals surface area contributed by atoms with Crippen molar-refractivity contribution < 1.29 is 19.4 Å². The predicted molar refractivity (Wildman–Crippen MR) is 117 cm³/mol. The number of aromatic hydroxyl groups is 1. The minimum absolute atomic E-state index is 0.171. The minimum Gasteiger partial charge on any atom is -0.508 e. The quantitative estimate of drug-likeness (QED) is 0.525. The van der Waals surface area contributed by atoms with Gasteiger partial charge in [0.15, 0.2) is 0 Å². The molecule has 0 bridgehead atoms. The number of nitrogens with zero attached hydrogens (tertiary/aromatic N) is 1. The molecular formula is C25H27NO4. The molecule has 0 aliphatic heterocycles. The van der Waals surface area contributed by atoms with Gasteiger partial charge >= 0.3 is 5.97 Å². The van der Waals surface area contributed by atoms with E-state index in [9.17, 15) is 9.90 Å². The molecule has 0 unspecified atom stereocenters. The number of hydrogen-bond donors (Lipinski definition) is 1. The molecule has 3 rings (SSSR count). The van der Waals surface area contributed by atoms with Gasteiger partial charge in [-0.25, -0.2) is 4.98 Å². The maximum absolute atomic E-state index is 11.5. The summed E-state index contributed by atoms with van der Waals surface area (Å²) in [5.41, 5.74) is 5.87. The van der Waals surface area contributed by atoms with Crippen molar-refractivity contribution in [1.29, 1.82) is 0 Å². The number of carbonyl (C=O) groups is 1. The molecule has 2 aromatic carbocycles. The molecule has 3 aromatic rings. The van der Waals surface area contributed by atoms with Gasteiger partial charge in [-0.05, 0) is 67.6 Å². The van der Waals surface area contributed by atoms with Gasteiger partial charge in [-0.15, -0.1) is 0 Å². The van der Waals surface area contributed by atoms with E-state index in [0.717, 1.165) is 33.5 Å². The van der Waals surface area contributed by atoms with E-state index in [0.29, 0.717) is 31.9 Å². The number of carbonyl (C=O) groups excluding carboxylic acids is 1. The molecule has 0 atom stereocenters. The van der Waals surface area contributed by atoms with Gasteiger partial charge in [0.25, 0.3) is 0 Å². The number of hydrogen-bond acceptors (Lipinski definition) is 5. The zero-order chi connectivity index (χ0) is 21.5. The number of ether oxygens (including phenoxy) is 2. The van der Waals surface area contributed by atoms with Crippen molar-refractivity contribution in [3.05, 3.63) is 76.9 Å². The lowest BCUT2D eigenvalue weighted by Crippen LogP contribution is -2.05. The molecule has 0 saturated heterocycles. The summed E-state index contributed by atoms with van der Waals surface area (Å²) in [6.07, 6.45) is 1.05. The molecule has 0 saturated carbocycles. The Morgan fingerprint density at radius 1 is 1.00 bits per heavy atom. The van der Waals surface area contributed by atoms with Crippen molar-refractivity contribution in [2.24, 2.45) is 0 Å². The van der Waals surface area contributed by atoms with Crippen molar-refractivity contribution in [2.75, 3.05) is 6.61 Å². The lowest BCUT2D eigenvalue weighted by Gasteiger charge is -2.12. The van der Waals surface area contributed by atoms with Crippen molar-refractivity contribution in [1.82, 2.24) is 4.98 Å². The number of aryl methyl sites for hydroxylation is 3. The van der Waals surface area contributed by atoms with E-state index in [-0.39, 0.29) is 11.7 Å². The van der Waals surface area contributed by atoms with Gasteiger partial charge in [0.2, 0.25) is 5.88 Å². The molecule has 0 spiro atoms. The van der Waals surface area contributed by atoms with Crippen LogP contribution in [0, 0.1) is 13.8 Å². The summed E-state index contributed by atoms with van der Waals surface area (Å²) < 4.78 is 10.9. The Bertz CT molecular complexity index is 989. The van der Waals surface area contributed by atoms with E-state index in [1.807, 2.05) is 63.2 Å². The van der Waals surface area contributed by atoms with E-state index >= 15 is 0 Å². The van der Waals surface area contributed by atoms with E-state index < -0.39 is 0 Å². The number of benzene rings is 2. The summed E-state index contributed by atoms with van der Waals surface area (Å²) in [4.78, 5) is 16.1.